The fraction of sp³-hybridized carbons (Fsp3) is 0.368. The maximum Gasteiger partial charge on any atom is 0.203 e. The number of rotatable bonds is 4. The third-order valence-electron chi connectivity index (χ3n) is 4.45. The van der Waals surface area contributed by atoms with E-state index in [4.69, 9.17) is 18.9 Å². The van der Waals surface area contributed by atoms with E-state index in [-0.39, 0.29) is 6.10 Å². The summed E-state index contributed by atoms with van der Waals surface area (Å²) in [4.78, 5) is 0. The number of benzene rings is 2. The van der Waals surface area contributed by atoms with Crippen LogP contribution in [0.25, 0.3) is 11.1 Å². The van der Waals surface area contributed by atoms with Gasteiger partial charge in [0.15, 0.2) is 11.5 Å². The van der Waals surface area contributed by atoms with Gasteiger partial charge in [0.2, 0.25) is 5.75 Å². The van der Waals surface area contributed by atoms with Gasteiger partial charge in [-0.1, -0.05) is 24.3 Å². The highest BCUT2D eigenvalue weighted by Crippen LogP contribution is 2.50. The molecule has 0 aliphatic heterocycles. The van der Waals surface area contributed by atoms with E-state index in [0.29, 0.717) is 17.2 Å². The monoisotopic (exact) mass is 314 g/mol. The molecular formula is C19H22O4. The van der Waals surface area contributed by atoms with Crippen molar-refractivity contribution in [2.75, 3.05) is 28.4 Å². The molecule has 1 aliphatic rings. The van der Waals surface area contributed by atoms with Gasteiger partial charge >= 0.3 is 0 Å². The summed E-state index contributed by atoms with van der Waals surface area (Å²) in [5.41, 5.74) is 4.57. The molecule has 1 atom stereocenters. The number of aryl methyl sites for hydroxylation is 1. The fourth-order valence-corrected chi connectivity index (χ4v) is 3.39. The van der Waals surface area contributed by atoms with Gasteiger partial charge in [-0.3, -0.25) is 0 Å². The second kappa shape index (κ2) is 6.50. The Labute approximate surface area is 136 Å². The van der Waals surface area contributed by atoms with Crippen molar-refractivity contribution in [3.05, 3.63) is 41.5 Å². The average molecular weight is 314 g/mol. The van der Waals surface area contributed by atoms with Crippen LogP contribution in [0.4, 0.5) is 0 Å². The Morgan fingerprint density at radius 1 is 0.913 bits per heavy atom. The number of fused-ring (bicyclic) bond motifs is 3. The minimum Gasteiger partial charge on any atom is -0.493 e. The van der Waals surface area contributed by atoms with E-state index in [1.165, 1.54) is 11.1 Å². The molecular weight excluding hydrogens is 292 g/mol. The van der Waals surface area contributed by atoms with Crippen LogP contribution in [0.2, 0.25) is 0 Å². The summed E-state index contributed by atoms with van der Waals surface area (Å²) in [5.74, 6) is 2.03. The molecule has 0 saturated heterocycles. The topological polar surface area (TPSA) is 36.9 Å². The largest absolute Gasteiger partial charge is 0.493 e. The SMILES string of the molecule is COc1cc2c(c(OC)c1OC)-c1ccccc1C(OC)CC2. The van der Waals surface area contributed by atoms with Crippen molar-refractivity contribution in [3.8, 4) is 28.4 Å². The quantitative estimate of drug-likeness (QED) is 0.854. The first-order chi connectivity index (χ1) is 11.2. The van der Waals surface area contributed by atoms with Gasteiger partial charge in [-0.2, -0.15) is 0 Å². The van der Waals surface area contributed by atoms with Gasteiger partial charge in [0.05, 0.1) is 27.4 Å². The first-order valence-corrected chi connectivity index (χ1v) is 7.69. The van der Waals surface area contributed by atoms with Crippen molar-refractivity contribution in [1.29, 1.82) is 0 Å². The summed E-state index contributed by atoms with van der Waals surface area (Å²) >= 11 is 0. The molecule has 2 aromatic carbocycles. The Hall–Kier alpha value is -2.20. The van der Waals surface area contributed by atoms with E-state index in [0.717, 1.165) is 24.0 Å². The molecule has 4 nitrogen and oxygen atoms in total. The summed E-state index contributed by atoms with van der Waals surface area (Å²) in [6.45, 7) is 0. The van der Waals surface area contributed by atoms with Crippen molar-refractivity contribution in [2.24, 2.45) is 0 Å². The van der Waals surface area contributed by atoms with Crippen LogP contribution in [-0.4, -0.2) is 28.4 Å². The van der Waals surface area contributed by atoms with Gasteiger partial charge in [-0.25, -0.2) is 0 Å². The lowest BCUT2D eigenvalue weighted by Gasteiger charge is -2.20. The Balaban J connectivity index is 2.34. The Bertz CT molecular complexity index is 709. The van der Waals surface area contributed by atoms with Crippen molar-refractivity contribution in [2.45, 2.75) is 18.9 Å². The Morgan fingerprint density at radius 3 is 2.30 bits per heavy atom. The first-order valence-electron chi connectivity index (χ1n) is 7.69. The minimum atomic E-state index is 0.0697. The predicted molar refractivity (Wildman–Crippen MR) is 89.6 cm³/mol. The molecule has 2 aromatic rings. The molecule has 23 heavy (non-hydrogen) atoms. The summed E-state index contributed by atoms with van der Waals surface area (Å²) in [6, 6.07) is 10.4. The van der Waals surface area contributed by atoms with Crippen molar-refractivity contribution in [3.63, 3.8) is 0 Å². The highest BCUT2D eigenvalue weighted by atomic mass is 16.5. The van der Waals surface area contributed by atoms with E-state index in [1.54, 1.807) is 28.4 Å². The maximum atomic E-state index is 5.71. The van der Waals surface area contributed by atoms with Crippen LogP contribution in [0, 0.1) is 0 Å². The van der Waals surface area contributed by atoms with E-state index in [2.05, 4.69) is 12.1 Å². The van der Waals surface area contributed by atoms with Crippen LogP contribution in [-0.2, 0) is 11.2 Å². The maximum absolute atomic E-state index is 5.71. The normalized spacial score (nSPS) is 16.1. The zero-order valence-electron chi connectivity index (χ0n) is 14.0. The molecule has 0 heterocycles. The van der Waals surface area contributed by atoms with Gasteiger partial charge in [-0.15, -0.1) is 0 Å². The lowest BCUT2D eigenvalue weighted by atomic mass is 9.94. The van der Waals surface area contributed by atoms with Crippen LogP contribution in [0.5, 0.6) is 17.2 Å². The lowest BCUT2D eigenvalue weighted by molar-refractivity contribution is 0.0971. The van der Waals surface area contributed by atoms with Crippen molar-refractivity contribution >= 4 is 0 Å². The van der Waals surface area contributed by atoms with Gasteiger partial charge < -0.3 is 18.9 Å². The van der Waals surface area contributed by atoms with Crippen LogP contribution < -0.4 is 14.2 Å². The van der Waals surface area contributed by atoms with E-state index >= 15 is 0 Å². The average Bonchev–Trinajstić information content (AvgIpc) is 2.76. The van der Waals surface area contributed by atoms with Gasteiger partial charge in [0, 0.05) is 12.7 Å². The van der Waals surface area contributed by atoms with Crippen molar-refractivity contribution in [1.82, 2.24) is 0 Å². The molecule has 1 unspecified atom stereocenters. The van der Waals surface area contributed by atoms with Crippen LogP contribution in [0.3, 0.4) is 0 Å². The first kappa shape index (κ1) is 15.7. The summed E-state index contributed by atoms with van der Waals surface area (Å²) in [6.07, 6.45) is 1.87. The fourth-order valence-electron chi connectivity index (χ4n) is 3.39. The molecule has 0 fully saturated rings. The summed E-state index contributed by atoms with van der Waals surface area (Å²) in [7, 11) is 6.70. The van der Waals surface area contributed by atoms with Crippen molar-refractivity contribution < 1.29 is 18.9 Å². The smallest absolute Gasteiger partial charge is 0.203 e. The molecule has 0 bridgehead atoms. The molecule has 0 spiro atoms. The Morgan fingerprint density at radius 2 is 1.65 bits per heavy atom. The van der Waals surface area contributed by atoms with Gasteiger partial charge in [0.25, 0.3) is 0 Å². The van der Waals surface area contributed by atoms with Crippen LogP contribution in [0.15, 0.2) is 30.3 Å². The molecule has 4 heteroatoms. The highest BCUT2D eigenvalue weighted by Gasteiger charge is 2.28. The van der Waals surface area contributed by atoms with E-state index in [9.17, 15) is 0 Å². The molecule has 0 saturated carbocycles. The minimum absolute atomic E-state index is 0.0697. The molecule has 3 rings (SSSR count). The molecule has 0 radical (unpaired) electrons. The molecule has 0 amide bonds. The van der Waals surface area contributed by atoms with Gasteiger partial charge in [0.1, 0.15) is 0 Å². The zero-order chi connectivity index (χ0) is 16.4. The zero-order valence-corrected chi connectivity index (χ0v) is 14.0. The van der Waals surface area contributed by atoms with E-state index in [1.807, 2.05) is 18.2 Å². The summed E-state index contributed by atoms with van der Waals surface area (Å²) < 4.78 is 22.5. The second-order valence-electron chi connectivity index (χ2n) is 5.53. The molecule has 1 aliphatic carbocycles. The number of ether oxygens (including phenoxy) is 4. The van der Waals surface area contributed by atoms with E-state index < -0.39 is 0 Å². The highest BCUT2D eigenvalue weighted by molar-refractivity contribution is 5.82. The third kappa shape index (κ3) is 2.53. The van der Waals surface area contributed by atoms with Crippen LogP contribution in [0.1, 0.15) is 23.7 Å². The molecule has 0 aromatic heterocycles. The lowest BCUT2D eigenvalue weighted by Crippen LogP contribution is -2.01. The Kier molecular flexibility index (Phi) is 4.44. The summed E-state index contributed by atoms with van der Waals surface area (Å²) in [5, 5.41) is 0. The predicted octanol–water partition coefficient (Wildman–Crippen LogP) is 4.01. The molecule has 0 N–H and O–H groups in total. The van der Waals surface area contributed by atoms with Gasteiger partial charge in [-0.05, 0) is 35.6 Å². The number of hydrogen-bond donors (Lipinski definition) is 0. The third-order valence-corrected chi connectivity index (χ3v) is 4.45. The second-order valence-corrected chi connectivity index (χ2v) is 5.53. The standard InChI is InChI=1S/C19H22O4/c1-20-15-10-9-12-11-16(21-2)18(22-3)19(23-4)17(12)14-8-6-5-7-13(14)15/h5-8,11,15H,9-10H2,1-4H3. The number of hydrogen-bond acceptors (Lipinski definition) is 4. The van der Waals surface area contributed by atoms with Crippen LogP contribution >= 0.6 is 0 Å². The molecule has 122 valence electrons. The number of methoxy groups -OCH3 is 4.